The zero-order valence-corrected chi connectivity index (χ0v) is 12.7. The van der Waals surface area contributed by atoms with Gasteiger partial charge >= 0.3 is 0 Å². The highest BCUT2D eigenvalue weighted by Gasteiger charge is 2.33. The molecule has 1 saturated carbocycles. The Morgan fingerprint density at radius 3 is 2.48 bits per heavy atom. The molecule has 2 aromatic carbocycles. The molecule has 1 fully saturated rings. The summed E-state index contributed by atoms with van der Waals surface area (Å²) in [7, 11) is 0. The van der Waals surface area contributed by atoms with Crippen LogP contribution in [0.2, 0.25) is 0 Å². The Labute approximate surface area is 128 Å². The lowest BCUT2D eigenvalue weighted by Crippen LogP contribution is -2.33. The standard InChI is InChI=1S/C18H18N2S/c19-18(11-5-6-12-18)14-8-2-1-7-13(14)17-20-15-9-3-4-10-16(15)21-17/h1-4,7-10H,5-6,11-12,19H2. The molecule has 0 saturated heterocycles. The fourth-order valence-electron chi connectivity index (χ4n) is 3.37. The summed E-state index contributed by atoms with van der Waals surface area (Å²) in [6.45, 7) is 0. The van der Waals surface area contributed by atoms with Gasteiger partial charge in [0.1, 0.15) is 5.01 Å². The normalized spacial score (nSPS) is 17.4. The highest BCUT2D eigenvalue weighted by Crippen LogP contribution is 2.42. The number of nitrogens with zero attached hydrogens (tertiary/aromatic N) is 1. The second-order valence-electron chi connectivity index (χ2n) is 5.90. The van der Waals surface area contributed by atoms with Gasteiger partial charge in [0, 0.05) is 11.1 Å². The van der Waals surface area contributed by atoms with Gasteiger partial charge in [-0.2, -0.15) is 0 Å². The molecule has 21 heavy (non-hydrogen) atoms. The van der Waals surface area contributed by atoms with Gasteiger partial charge < -0.3 is 5.73 Å². The van der Waals surface area contributed by atoms with Gasteiger partial charge in [0.15, 0.2) is 0 Å². The predicted molar refractivity (Wildman–Crippen MR) is 89.4 cm³/mol. The van der Waals surface area contributed by atoms with E-state index in [0.29, 0.717) is 0 Å². The molecule has 1 aromatic heterocycles. The first-order valence-electron chi connectivity index (χ1n) is 7.51. The summed E-state index contributed by atoms with van der Waals surface area (Å²) in [5.74, 6) is 0. The van der Waals surface area contributed by atoms with Crippen LogP contribution >= 0.6 is 11.3 Å². The van der Waals surface area contributed by atoms with Gasteiger partial charge in [-0.3, -0.25) is 0 Å². The molecule has 4 rings (SSSR count). The van der Waals surface area contributed by atoms with E-state index in [1.165, 1.54) is 28.7 Å². The van der Waals surface area contributed by atoms with Crippen LogP contribution in [-0.2, 0) is 5.54 Å². The molecule has 3 aromatic rings. The third kappa shape index (κ3) is 2.17. The van der Waals surface area contributed by atoms with E-state index in [-0.39, 0.29) is 5.54 Å². The van der Waals surface area contributed by atoms with Gasteiger partial charge in [0.2, 0.25) is 0 Å². The molecular formula is C18H18N2S. The first-order valence-corrected chi connectivity index (χ1v) is 8.32. The number of hydrogen-bond donors (Lipinski definition) is 1. The van der Waals surface area contributed by atoms with Crippen LogP contribution in [-0.4, -0.2) is 4.98 Å². The first kappa shape index (κ1) is 13.0. The number of rotatable bonds is 2. The van der Waals surface area contributed by atoms with Gasteiger partial charge in [-0.05, 0) is 30.5 Å². The van der Waals surface area contributed by atoms with Crippen molar-refractivity contribution in [3.8, 4) is 10.6 Å². The average molecular weight is 294 g/mol. The molecule has 1 heterocycles. The average Bonchev–Trinajstić information content (AvgIpc) is 3.14. The lowest BCUT2D eigenvalue weighted by Gasteiger charge is -2.26. The van der Waals surface area contributed by atoms with Gasteiger partial charge in [0.05, 0.1) is 10.2 Å². The molecule has 1 aliphatic rings. The molecular weight excluding hydrogens is 276 g/mol. The van der Waals surface area contributed by atoms with Crippen molar-refractivity contribution < 1.29 is 0 Å². The van der Waals surface area contributed by atoms with E-state index in [0.717, 1.165) is 23.4 Å². The fourth-order valence-corrected chi connectivity index (χ4v) is 4.37. The summed E-state index contributed by atoms with van der Waals surface area (Å²) in [5, 5.41) is 1.09. The summed E-state index contributed by atoms with van der Waals surface area (Å²) in [5.41, 5.74) is 10.1. The Balaban J connectivity index is 1.88. The Hall–Kier alpha value is -1.71. The quantitative estimate of drug-likeness (QED) is 0.744. The Morgan fingerprint density at radius 2 is 1.67 bits per heavy atom. The van der Waals surface area contributed by atoms with E-state index in [4.69, 9.17) is 10.7 Å². The smallest absolute Gasteiger partial charge is 0.124 e. The molecule has 0 aliphatic heterocycles. The highest BCUT2D eigenvalue weighted by molar-refractivity contribution is 7.21. The Bertz CT molecular complexity index is 752. The largest absolute Gasteiger partial charge is 0.321 e. The van der Waals surface area contributed by atoms with E-state index in [1.807, 2.05) is 6.07 Å². The van der Waals surface area contributed by atoms with E-state index in [1.54, 1.807) is 11.3 Å². The Morgan fingerprint density at radius 1 is 0.952 bits per heavy atom. The summed E-state index contributed by atoms with van der Waals surface area (Å²) in [6, 6.07) is 16.9. The maximum atomic E-state index is 6.69. The molecule has 0 bridgehead atoms. The second-order valence-corrected chi connectivity index (χ2v) is 6.93. The zero-order chi connectivity index (χ0) is 14.3. The van der Waals surface area contributed by atoms with E-state index >= 15 is 0 Å². The molecule has 3 heteroatoms. The van der Waals surface area contributed by atoms with Crippen LogP contribution in [0, 0.1) is 0 Å². The summed E-state index contributed by atoms with van der Waals surface area (Å²) in [4.78, 5) is 4.81. The van der Waals surface area contributed by atoms with Gasteiger partial charge in [-0.15, -0.1) is 11.3 Å². The van der Waals surface area contributed by atoms with Crippen molar-refractivity contribution >= 4 is 21.6 Å². The maximum absolute atomic E-state index is 6.69. The lowest BCUT2D eigenvalue weighted by molar-refractivity contribution is 0.463. The van der Waals surface area contributed by atoms with Crippen LogP contribution < -0.4 is 5.73 Å². The van der Waals surface area contributed by atoms with Crippen molar-refractivity contribution in [2.75, 3.05) is 0 Å². The molecule has 2 N–H and O–H groups in total. The van der Waals surface area contributed by atoms with Crippen LogP contribution in [0.1, 0.15) is 31.2 Å². The van der Waals surface area contributed by atoms with Crippen LogP contribution in [0.25, 0.3) is 20.8 Å². The monoisotopic (exact) mass is 294 g/mol. The first-order chi connectivity index (χ1) is 10.3. The van der Waals surface area contributed by atoms with Crippen molar-refractivity contribution in [3.63, 3.8) is 0 Å². The van der Waals surface area contributed by atoms with Crippen molar-refractivity contribution in [1.82, 2.24) is 4.98 Å². The minimum Gasteiger partial charge on any atom is -0.321 e. The number of fused-ring (bicyclic) bond motifs is 1. The third-order valence-electron chi connectivity index (χ3n) is 4.48. The molecule has 1 aliphatic carbocycles. The minimum atomic E-state index is -0.172. The van der Waals surface area contributed by atoms with Gasteiger partial charge in [0.25, 0.3) is 0 Å². The number of hydrogen-bond acceptors (Lipinski definition) is 3. The molecule has 0 amide bonds. The zero-order valence-electron chi connectivity index (χ0n) is 11.9. The molecule has 2 nitrogen and oxygen atoms in total. The SMILES string of the molecule is NC1(c2ccccc2-c2nc3ccccc3s2)CCCC1. The molecule has 0 unspecified atom stereocenters. The second kappa shape index (κ2) is 4.93. The van der Waals surface area contributed by atoms with E-state index < -0.39 is 0 Å². The molecule has 0 spiro atoms. The van der Waals surface area contributed by atoms with Crippen LogP contribution in [0.3, 0.4) is 0 Å². The van der Waals surface area contributed by atoms with Crippen LogP contribution in [0.15, 0.2) is 48.5 Å². The summed E-state index contributed by atoms with van der Waals surface area (Å²) < 4.78 is 1.24. The van der Waals surface area contributed by atoms with Crippen molar-refractivity contribution in [3.05, 3.63) is 54.1 Å². The number of thiazole rings is 1. The van der Waals surface area contributed by atoms with Gasteiger partial charge in [-0.25, -0.2) is 4.98 Å². The van der Waals surface area contributed by atoms with Crippen molar-refractivity contribution in [2.24, 2.45) is 5.73 Å². The van der Waals surface area contributed by atoms with Gasteiger partial charge in [-0.1, -0.05) is 49.2 Å². The van der Waals surface area contributed by atoms with Crippen molar-refractivity contribution in [1.29, 1.82) is 0 Å². The molecule has 0 radical (unpaired) electrons. The number of para-hydroxylation sites is 1. The highest BCUT2D eigenvalue weighted by atomic mass is 32.1. The van der Waals surface area contributed by atoms with E-state index in [2.05, 4.69) is 42.5 Å². The lowest BCUT2D eigenvalue weighted by atomic mass is 9.86. The third-order valence-corrected chi connectivity index (χ3v) is 5.55. The van der Waals surface area contributed by atoms with Crippen molar-refractivity contribution in [2.45, 2.75) is 31.2 Å². The molecule has 106 valence electrons. The van der Waals surface area contributed by atoms with Crippen LogP contribution in [0.5, 0.6) is 0 Å². The number of aromatic nitrogens is 1. The van der Waals surface area contributed by atoms with E-state index in [9.17, 15) is 0 Å². The fraction of sp³-hybridized carbons (Fsp3) is 0.278. The summed E-state index contributed by atoms with van der Waals surface area (Å²) >= 11 is 1.76. The molecule has 0 atom stereocenters. The van der Waals surface area contributed by atoms with Crippen LogP contribution in [0.4, 0.5) is 0 Å². The summed E-state index contributed by atoms with van der Waals surface area (Å²) in [6.07, 6.45) is 4.61. The maximum Gasteiger partial charge on any atom is 0.124 e. The number of nitrogens with two attached hydrogens (primary N) is 1. The Kier molecular flexibility index (Phi) is 3.05. The minimum absolute atomic E-state index is 0.172. The number of benzene rings is 2. The predicted octanol–water partition coefficient (Wildman–Crippen LogP) is 4.69. The topological polar surface area (TPSA) is 38.9 Å².